The van der Waals surface area contributed by atoms with Crippen molar-refractivity contribution in [3.05, 3.63) is 29.3 Å². The van der Waals surface area contributed by atoms with Crippen molar-refractivity contribution in [2.24, 2.45) is 5.92 Å². The average Bonchev–Trinajstić information content (AvgIpc) is 2.47. The van der Waals surface area contributed by atoms with Crippen molar-refractivity contribution in [1.29, 1.82) is 0 Å². The molecule has 1 saturated heterocycles. The van der Waals surface area contributed by atoms with Crippen LogP contribution in [0.1, 0.15) is 36.7 Å². The van der Waals surface area contributed by atoms with E-state index in [1.165, 1.54) is 0 Å². The topological polar surface area (TPSA) is 41.6 Å². The van der Waals surface area contributed by atoms with E-state index in [9.17, 15) is 4.79 Å². The van der Waals surface area contributed by atoms with Gasteiger partial charge in [0.05, 0.1) is 6.10 Å². The predicted molar refractivity (Wildman–Crippen MR) is 89.7 cm³/mol. The van der Waals surface area contributed by atoms with Gasteiger partial charge < -0.3 is 15.0 Å². The molecule has 122 valence electrons. The minimum atomic E-state index is 0.0219. The predicted octanol–water partition coefficient (Wildman–Crippen LogP) is 2.51. The lowest BCUT2D eigenvalue weighted by Gasteiger charge is -2.29. The van der Waals surface area contributed by atoms with Crippen LogP contribution >= 0.6 is 0 Å². The Balaban J connectivity index is 2.01. The number of ether oxygens (including phenoxy) is 1. The molecule has 0 amide bonds. The molecule has 1 fully saturated rings. The van der Waals surface area contributed by atoms with Gasteiger partial charge in [0, 0.05) is 44.2 Å². The standard InChI is InChI=1S/C18H28N2O2/c1-13(2)22-16-5-6-17(14(3)11-16)18(21)15(4)12-20-9-7-19-8-10-20/h5-6,11,13,15,19H,7-10,12H2,1-4H3. The van der Waals surface area contributed by atoms with Crippen molar-refractivity contribution in [2.75, 3.05) is 32.7 Å². The second-order valence-corrected chi connectivity index (χ2v) is 6.46. The van der Waals surface area contributed by atoms with Crippen LogP contribution in [-0.4, -0.2) is 49.5 Å². The number of carbonyl (C=O) groups is 1. The SMILES string of the molecule is Cc1cc(OC(C)C)ccc1C(=O)C(C)CN1CCNCC1. The molecule has 0 aliphatic carbocycles. The van der Waals surface area contributed by atoms with Crippen LogP contribution in [0.25, 0.3) is 0 Å². The van der Waals surface area contributed by atoms with Gasteiger partial charge in [0.25, 0.3) is 0 Å². The highest BCUT2D eigenvalue weighted by Gasteiger charge is 2.21. The summed E-state index contributed by atoms with van der Waals surface area (Å²) in [6, 6.07) is 5.77. The van der Waals surface area contributed by atoms with Gasteiger partial charge in [-0.1, -0.05) is 6.92 Å². The van der Waals surface area contributed by atoms with E-state index < -0.39 is 0 Å². The largest absolute Gasteiger partial charge is 0.491 e. The van der Waals surface area contributed by atoms with Crippen LogP contribution in [0.2, 0.25) is 0 Å². The molecule has 1 atom stereocenters. The highest BCUT2D eigenvalue weighted by molar-refractivity contribution is 5.99. The van der Waals surface area contributed by atoms with E-state index in [0.717, 1.165) is 49.6 Å². The van der Waals surface area contributed by atoms with Gasteiger partial charge in [-0.15, -0.1) is 0 Å². The van der Waals surface area contributed by atoms with E-state index in [-0.39, 0.29) is 17.8 Å². The van der Waals surface area contributed by atoms with Crippen LogP contribution in [0.15, 0.2) is 18.2 Å². The second-order valence-electron chi connectivity index (χ2n) is 6.46. The maximum atomic E-state index is 12.7. The van der Waals surface area contributed by atoms with E-state index in [2.05, 4.69) is 10.2 Å². The summed E-state index contributed by atoms with van der Waals surface area (Å²) in [5, 5.41) is 3.34. The first-order chi connectivity index (χ1) is 10.5. The number of piperazine rings is 1. The van der Waals surface area contributed by atoms with Gasteiger partial charge in [-0.25, -0.2) is 0 Å². The van der Waals surface area contributed by atoms with Crippen molar-refractivity contribution in [2.45, 2.75) is 33.8 Å². The van der Waals surface area contributed by atoms with Crippen LogP contribution < -0.4 is 10.1 Å². The van der Waals surface area contributed by atoms with Gasteiger partial charge in [-0.2, -0.15) is 0 Å². The van der Waals surface area contributed by atoms with Crippen molar-refractivity contribution < 1.29 is 9.53 Å². The van der Waals surface area contributed by atoms with Crippen molar-refractivity contribution >= 4 is 5.78 Å². The summed E-state index contributed by atoms with van der Waals surface area (Å²) in [4.78, 5) is 15.1. The molecule has 4 heteroatoms. The highest BCUT2D eigenvalue weighted by atomic mass is 16.5. The Hall–Kier alpha value is -1.39. The number of carbonyl (C=O) groups excluding carboxylic acids is 1. The number of nitrogens with zero attached hydrogens (tertiary/aromatic N) is 1. The molecule has 0 radical (unpaired) electrons. The normalized spacial score (nSPS) is 17.5. The zero-order chi connectivity index (χ0) is 16.1. The number of ketones is 1. The summed E-state index contributed by atoms with van der Waals surface area (Å²) in [6.45, 7) is 12.9. The molecule has 0 spiro atoms. The number of benzene rings is 1. The van der Waals surface area contributed by atoms with Crippen LogP contribution in [0, 0.1) is 12.8 Å². The Morgan fingerprint density at radius 3 is 2.55 bits per heavy atom. The van der Waals surface area contributed by atoms with Crippen LogP contribution in [0.3, 0.4) is 0 Å². The van der Waals surface area contributed by atoms with Crippen molar-refractivity contribution in [1.82, 2.24) is 10.2 Å². The van der Waals surface area contributed by atoms with E-state index in [1.807, 2.05) is 45.9 Å². The summed E-state index contributed by atoms with van der Waals surface area (Å²) in [5.74, 6) is 1.08. The molecule has 0 saturated carbocycles. The summed E-state index contributed by atoms with van der Waals surface area (Å²) in [6.07, 6.45) is 0.146. The number of hydrogen-bond donors (Lipinski definition) is 1. The molecule has 0 bridgehead atoms. The van der Waals surface area contributed by atoms with Gasteiger partial charge in [0.1, 0.15) is 5.75 Å². The third-order valence-corrected chi connectivity index (χ3v) is 4.02. The number of Topliss-reactive ketones (excluding diaryl/α,β-unsaturated/α-hetero) is 1. The molecule has 22 heavy (non-hydrogen) atoms. The van der Waals surface area contributed by atoms with Crippen molar-refractivity contribution in [3.63, 3.8) is 0 Å². The zero-order valence-electron chi connectivity index (χ0n) is 14.2. The minimum Gasteiger partial charge on any atom is -0.491 e. The van der Waals surface area contributed by atoms with Gasteiger partial charge in [-0.05, 0) is 44.5 Å². The summed E-state index contributed by atoms with van der Waals surface area (Å²) < 4.78 is 5.69. The minimum absolute atomic E-state index is 0.0219. The summed E-state index contributed by atoms with van der Waals surface area (Å²) in [7, 11) is 0. The van der Waals surface area contributed by atoms with Gasteiger partial charge in [0.2, 0.25) is 0 Å². The number of rotatable bonds is 6. The Morgan fingerprint density at radius 1 is 1.27 bits per heavy atom. The Bertz CT molecular complexity index is 508. The Morgan fingerprint density at radius 2 is 1.95 bits per heavy atom. The third-order valence-electron chi connectivity index (χ3n) is 4.02. The lowest BCUT2D eigenvalue weighted by atomic mass is 9.95. The van der Waals surface area contributed by atoms with E-state index >= 15 is 0 Å². The lowest BCUT2D eigenvalue weighted by Crippen LogP contribution is -2.45. The van der Waals surface area contributed by atoms with Gasteiger partial charge in [0.15, 0.2) is 5.78 Å². The van der Waals surface area contributed by atoms with Crippen LogP contribution in [0.4, 0.5) is 0 Å². The smallest absolute Gasteiger partial charge is 0.167 e. The molecule has 1 N–H and O–H groups in total. The third kappa shape index (κ3) is 4.55. The fraction of sp³-hybridized carbons (Fsp3) is 0.611. The van der Waals surface area contributed by atoms with Crippen LogP contribution in [-0.2, 0) is 0 Å². The van der Waals surface area contributed by atoms with Crippen molar-refractivity contribution in [3.8, 4) is 5.75 Å². The monoisotopic (exact) mass is 304 g/mol. The molecule has 1 heterocycles. The maximum absolute atomic E-state index is 12.7. The first kappa shape index (κ1) is 17.0. The fourth-order valence-electron chi connectivity index (χ4n) is 2.89. The Kier molecular flexibility index (Phi) is 5.98. The molecule has 1 aromatic rings. The first-order valence-corrected chi connectivity index (χ1v) is 8.22. The highest BCUT2D eigenvalue weighted by Crippen LogP contribution is 2.21. The van der Waals surface area contributed by atoms with E-state index in [4.69, 9.17) is 4.74 Å². The molecule has 1 aliphatic rings. The Labute approximate surface area is 133 Å². The van der Waals surface area contributed by atoms with E-state index in [1.54, 1.807) is 0 Å². The maximum Gasteiger partial charge on any atom is 0.167 e. The first-order valence-electron chi connectivity index (χ1n) is 8.22. The van der Waals surface area contributed by atoms with Gasteiger partial charge >= 0.3 is 0 Å². The van der Waals surface area contributed by atoms with Crippen LogP contribution in [0.5, 0.6) is 5.75 Å². The number of hydrogen-bond acceptors (Lipinski definition) is 4. The fourth-order valence-corrected chi connectivity index (χ4v) is 2.89. The molecular weight excluding hydrogens is 276 g/mol. The number of aryl methyl sites for hydroxylation is 1. The molecule has 4 nitrogen and oxygen atoms in total. The second kappa shape index (κ2) is 7.75. The average molecular weight is 304 g/mol. The molecule has 1 aromatic carbocycles. The molecule has 1 aliphatic heterocycles. The summed E-state index contributed by atoms with van der Waals surface area (Å²) >= 11 is 0. The zero-order valence-corrected chi connectivity index (χ0v) is 14.2. The lowest BCUT2D eigenvalue weighted by molar-refractivity contribution is 0.0886. The molecule has 1 unspecified atom stereocenters. The molecule has 0 aromatic heterocycles. The number of nitrogens with one attached hydrogen (secondary N) is 1. The summed E-state index contributed by atoms with van der Waals surface area (Å²) in [5.41, 5.74) is 1.81. The van der Waals surface area contributed by atoms with E-state index in [0.29, 0.717) is 0 Å². The van der Waals surface area contributed by atoms with Gasteiger partial charge in [-0.3, -0.25) is 4.79 Å². The quantitative estimate of drug-likeness (QED) is 0.820. The molecule has 2 rings (SSSR count). The molecular formula is C18H28N2O2.